The summed E-state index contributed by atoms with van der Waals surface area (Å²) in [6.07, 6.45) is -5.30. The van der Waals surface area contributed by atoms with Crippen LogP contribution < -0.4 is 15.4 Å². The van der Waals surface area contributed by atoms with Gasteiger partial charge in [0.15, 0.2) is 5.78 Å². The molecule has 1 aliphatic rings. The average Bonchev–Trinajstić information content (AvgIpc) is 2.72. The maximum absolute atomic E-state index is 13.9. The van der Waals surface area contributed by atoms with Crippen molar-refractivity contribution in [2.24, 2.45) is 5.92 Å². The van der Waals surface area contributed by atoms with Gasteiger partial charge in [-0.2, -0.15) is 13.2 Å². The van der Waals surface area contributed by atoms with Crippen molar-refractivity contribution in [1.82, 2.24) is 10.6 Å². The monoisotopic (exact) mass is 436 g/mol. The van der Waals surface area contributed by atoms with E-state index < -0.39 is 35.7 Å². The van der Waals surface area contributed by atoms with Crippen LogP contribution in [0.2, 0.25) is 0 Å². The quantitative estimate of drug-likeness (QED) is 0.620. The number of carbonyl (C=O) groups is 2. The largest absolute Gasteiger partial charge is 0.497 e. The molecule has 0 bridgehead atoms. The fraction of sp³-hybridized carbons (Fsp3) is 0.364. The van der Waals surface area contributed by atoms with Gasteiger partial charge < -0.3 is 20.5 Å². The van der Waals surface area contributed by atoms with Crippen molar-refractivity contribution < 1.29 is 32.6 Å². The van der Waals surface area contributed by atoms with Crippen LogP contribution in [-0.2, 0) is 0 Å². The summed E-state index contributed by atoms with van der Waals surface area (Å²) in [5, 5.41) is 14.5. The third kappa shape index (κ3) is 4.23. The Labute approximate surface area is 177 Å². The first-order valence-corrected chi connectivity index (χ1v) is 9.64. The van der Waals surface area contributed by atoms with E-state index >= 15 is 0 Å². The molecule has 0 aliphatic carbocycles. The summed E-state index contributed by atoms with van der Waals surface area (Å²) in [5.74, 6) is -2.45. The second kappa shape index (κ2) is 8.22. The van der Waals surface area contributed by atoms with Crippen LogP contribution in [-0.4, -0.2) is 35.9 Å². The van der Waals surface area contributed by atoms with Crippen molar-refractivity contribution in [2.45, 2.75) is 37.7 Å². The highest BCUT2D eigenvalue weighted by molar-refractivity contribution is 6.00. The third-order valence-corrected chi connectivity index (χ3v) is 5.43. The number of halogens is 3. The number of rotatable bonds is 5. The molecule has 3 atom stereocenters. The standard InChI is InChI=1S/C22H23F3N2O4/c1-12(2)13-4-6-14(7-5-13)18-17(19(28)15-8-10-16(31-3)11-9-15)21(30,22(23,24)25)27-20(29)26-18/h4-12,17-18,30H,1-3H3,(H2,26,27,29)/t17-,18-,21+/m1/s1. The summed E-state index contributed by atoms with van der Waals surface area (Å²) in [6.45, 7) is 3.92. The van der Waals surface area contributed by atoms with E-state index in [1.165, 1.54) is 36.7 Å². The number of nitrogens with one attached hydrogen (secondary N) is 2. The van der Waals surface area contributed by atoms with Gasteiger partial charge in [0.25, 0.3) is 0 Å². The maximum atomic E-state index is 13.9. The molecule has 3 N–H and O–H groups in total. The van der Waals surface area contributed by atoms with Gasteiger partial charge in [-0.3, -0.25) is 4.79 Å². The molecule has 9 heteroatoms. The van der Waals surface area contributed by atoms with Crippen LogP contribution in [0.1, 0.15) is 47.3 Å². The molecule has 6 nitrogen and oxygen atoms in total. The molecule has 1 fully saturated rings. The van der Waals surface area contributed by atoms with Gasteiger partial charge in [0.2, 0.25) is 5.72 Å². The molecule has 2 aromatic carbocycles. The number of carbonyl (C=O) groups excluding carboxylic acids is 2. The highest BCUT2D eigenvalue weighted by Gasteiger charge is 2.66. The van der Waals surface area contributed by atoms with E-state index in [2.05, 4.69) is 5.32 Å². The van der Waals surface area contributed by atoms with E-state index in [1.807, 2.05) is 13.8 Å². The Morgan fingerprint density at radius 2 is 1.68 bits per heavy atom. The van der Waals surface area contributed by atoms with Gasteiger partial charge in [0, 0.05) is 5.56 Å². The molecule has 0 radical (unpaired) electrons. The summed E-state index contributed by atoms with van der Waals surface area (Å²) < 4.78 is 46.8. The first-order valence-electron chi connectivity index (χ1n) is 9.64. The molecule has 2 aromatic rings. The Balaban J connectivity index is 2.11. The Hall–Kier alpha value is -3.07. The first kappa shape index (κ1) is 22.6. The maximum Gasteiger partial charge on any atom is 0.437 e. The number of ether oxygens (including phenoxy) is 1. The predicted molar refractivity (Wildman–Crippen MR) is 107 cm³/mol. The van der Waals surface area contributed by atoms with Gasteiger partial charge in [-0.15, -0.1) is 0 Å². The van der Waals surface area contributed by atoms with E-state index in [-0.39, 0.29) is 17.0 Å². The molecule has 3 rings (SSSR count). The molecular formula is C22H23F3N2O4. The molecule has 0 saturated carbocycles. The smallest absolute Gasteiger partial charge is 0.437 e. The Bertz CT molecular complexity index is 958. The molecule has 2 amide bonds. The molecule has 1 heterocycles. The minimum absolute atomic E-state index is 0.0600. The topological polar surface area (TPSA) is 87.7 Å². The van der Waals surface area contributed by atoms with Crippen molar-refractivity contribution in [1.29, 1.82) is 0 Å². The second-order valence-electron chi connectivity index (χ2n) is 7.73. The fourth-order valence-corrected chi connectivity index (χ4v) is 3.64. The van der Waals surface area contributed by atoms with Crippen LogP contribution in [0.5, 0.6) is 5.75 Å². The van der Waals surface area contributed by atoms with Crippen LogP contribution in [0.3, 0.4) is 0 Å². The molecule has 1 aliphatic heterocycles. The number of alkyl halides is 3. The zero-order chi connectivity index (χ0) is 23.0. The van der Waals surface area contributed by atoms with Gasteiger partial charge in [-0.05, 0) is 41.3 Å². The number of ketones is 1. The van der Waals surface area contributed by atoms with Crippen molar-refractivity contribution in [3.05, 3.63) is 65.2 Å². The Kier molecular flexibility index (Phi) is 6.00. The van der Waals surface area contributed by atoms with Crippen LogP contribution >= 0.6 is 0 Å². The molecule has 1 saturated heterocycles. The van der Waals surface area contributed by atoms with Crippen molar-refractivity contribution in [3.8, 4) is 5.75 Å². The van der Waals surface area contributed by atoms with Gasteiger partial charge >= 0.3 is 12.2 Å². The number of hydrogen-bond acceptors (Lipinski definition) is 4. The van der Waals surface area contributed by atoms with Gasteiger partial charge in [-0.1, -0.05) is 38.1 Å². The highest BCUT2D eigenvalue weighted by Crippen LogP contribution is 2.44. The molecule has 31 heavy (non-hydrogen) atoms. The summed E-state index contributed by atoms with van der Waals surface area (Å²) in [7, 11) is 1.41. The van der Waals surface area contributed by atoms with E-state index in [4.69, 9.17) is 4.74 Å². The number of Topliss-reactive ketones (excluding diaryl/α,β-unsaturated/α-hetero) is 1. The Morgan fingerprint density at radius 1 is 1.10 bits per heavy atom. The number of benzene rings is 2. The highest BCUT2D eigenvalue weighted by atomic mass is 19.4. The zero-order valence-electron chi connectivity index (χ0n) is 17.2. The van der Waals surface area contributed by atoms with Crippen LogP contribution in [0.4, 0.5) is 18.0 Å². The summed E-state index contributed by atoms with van der Waals surface area (Å²) in [6, 6.07) is 9.40. The number of amides is 2. The normalized spacial score (nSPS) is 23.8. The van der Waals surface area contributed by atoms with Crippen molar-refractivity contribution >= 4 is 11.8 Å². The minimum Gasteiger partial charge on any atom is -0.497 e. The lowest BCUT2D eigenvalue weighted by molar-refractivity contribution is -0.287. The lowest BCUT2D eigenvalue weighted by Crippen LogP contribution is -2.72. The van der Waals surface area contributed by atoms with Gasteiger partial charge in [0.05, 0.1) is 13.2 Å². The number of methoxy groups -OCH3 is 1. The van der Waals surface area contributed by atoms with Crippen molar-refractivity contribution in [3.63, 3.8) is 0 Å². The first-order chi connectivity index (χ1) is 14.5. The number of hydrogen-bond donors (Lipinski definition) is 3. The molecule has 0 spiro atoms. The minimum atomic E-state index is -5.30. The van der Waals surface area contributed by atoms with Crippen LogP contribution in [0, 0.1) is 5.92 Å². The fourth-order valence-electron chi connectivity index (χ4n) is 3.64. The number of aliphatic hydroxyl groups is 1. The zero-order valence-corrected chi connectivity index (χ0v) is 17.2. The molecular weight excluding hydrogens is 413 g/mol. The van der Waals surface area contributed by atoms with E-state index in [0.717, 1.165) is 5.56 Å². The lowest BCUT2D eigenvalue weighted by atomic mass is 9.77. The van der Waals surface area contributed by atoms with E-state index in [9.17, 15) is 27.9 Å². The number of urea groups is 1. The second-order valence-corrected chi connectivity index (χ2v) is 7.73. The average molecular weight is 436 g/mol. The van der Waals surface area contributed by atoms with Crippen LogP contribution in [0.25, 0.3) is 0 Å². The Morgan fingerprint density at radius 3 is 2.16 bits per heavy atom. The predicted octanol–water partition coefficient (Wildman–Crippen LogP) is 3.92. The van der Waals surface area contributed by atoms with Crippen LogP contribution in [0.15, 0.2) is 48.5 Å². The molecule has 0 unspecified atom stereocenters. The molecule has 0 aromatic heterocycles. The van der Waals surface area contributed by atoms with E-state index in [1.54, 1.807) is 24.3 Å². The lowest BCUT2D eigenvalue weighted by Gasteiger charge is -2.45. The van der Waals surface area contributed by atoms with Crippen molar-refractivity contribution in [2.75, 3.05) is 7.11 Å². The van der Waals surface area contributed by atoms with Gasteiger partial charge in [-0.25, -0.2) is 4.79 Å². The summed E-state index contributed by atoms with van der Waals surface area (Å²) in [5.41, 5.74) is -2.61. The summed E-state index contributed by atoms with van der Waals surface area (Å²) >= 11 is 0. The van der Waals surface area contributed by atoms with Gasteiger partial charge in [0.1, 0.15) is 11.7 Å². The third-order valence-electron chi connectivity index (χ3n) is 5.43. The molecule has 166 valence electrons. The summed E-state index contributed by atoms with van der Waals surface area (Å²) in [4.78, 5) is 25.3. The SMILES string of the molecule is COc1ccc(C(=O)[C@H]2[C@@H](c3ccc(C(C)C)cc3)NC(=O)N[C@@]2(O)C(F)(F)F)cc1. The van der Waals surface area contributed by atoms with E-state index in [0.29, 0.717) is 5.75 Å².